The Labute approximate surface area is 199 Å². The van der Waals surface area contributed by atoms with E-state index in [1.54, 1.807) is 41.1 Å². The number of nitrogens with zero attached hydrogens (tertiary/aromatic N) is 1. The minimum atomic E-state index is -1.28. The van der Waals surface area contributed by atoms with Gasteiger partial charge in [0, 0.05) is 18.1 Å². The van der Waals surface area contributed by atoms with Gasteiger partial charge in [-0.2, -0.15) is 11.8 Å². The van der Waals surface area contributed by atoms with Gasteiger partial charge in [0.15, 0.2) is 11.5 Å². The molecule has 3 atom stereocenters. The van der Waals surface area contributed by atoms with Crippen molar-refractivity contribution in [2.45, 2.75) is 51.2 Å². The van der Waals surface area contributed by atoms with Crippen LogP contribution in [-0.2, 0) is 25.5 Å². The molecule has 0 spiro atoms. The summed E-state index contributed by atoms with van der Waals surface area (Å²) in [6.45, 7) is 5.49. The first-order valence-corrected chi connectivity index (χ1v) is 12.1. The molecule has 1 saturated heterocycles. The van der Waals surface area contributed by atoms with Crippen LogP contribution < -0.4 is 14.8 Å². The summed E-state index contributed by atoms with van der Waals surface area (Å²) in [4.78, 5) is 39.0. The number of hydrogen-bond donors (Lipinski definition) is 2. The van der Waals surface area contributed by atoms with Crippen LogP contribution in [0, 0.1) is 0 Å². The van der Waals surface area contributed by atoms with E-state index in [4.69, 9.17) is 14.2 Å². The van der Waals surface area contributed by atoms with Crippen molar-refractivity contribution in [2.24, 2.45) is 0 Å². The molecule has 1 fully saturated rings. The van der Waals surface area contributed by atoms with E-state index >= 15 is 0 Å². The number of thioether (sulfide) groups is 1. The van der Waals surface area contributed by atoms with Gasteiger partial charge in [0.05, 0.1) is 26.9 Å². The van der Waals surface area contributed by atoms with Crippen LogP contribution >= 0.6 is 11.8 Å². The van der Waals surface area contributed by atoms with Crippen LogP contribution in [0.15, 0.2) is 18.2 Å². The van der Waals surface area contributed by atoms with Crippen molar-refractivity contribution in [3.8, 4) is 11.5 Å². The summed E-state index contributed by atoms with van der Waals surface area (Å²) in [6, 6.07) is 4.05. The van der Waals surface area contributed by atoms with Crippen LogP contribution in [0.2, 0.25) is 0 Å². The standard InChI is InChI=1S/C23H34N2O7S/c1-6-32-21(27)17(9-7-16-8-10-18(30-4)19(13-16)31-5)24-15(2)20(26)25-11-12-33-14-23(25,3)22(28)29/h8,10,13,15,17,24H,6-7,9,11-12,14H2,1-5H3,(H,28,29)/t15-,17?,23?/m0/s1. The lowest BCUT2D eigenvalue weighted by Gasteiger charge is -2.42. The predicted molar refractivity (Wildman–Crippen MR) is 126 cm³/mol. The number of amides is 1. The predicted octanol–water partition coefficient (Wildman–Crippen LogP) is 1.96. The molecule has 2 unspecified atom stereocenters. The maximum atomic E-state index is 13.2. The molecular weight excluding hydrogens is 448 g/mol. The van der Waals surface area contributed by atoms with Gasteiger partial charge in [-0.05, 0) is 51.3 Å². The molecule has 0 radical (unpaired) electrons. The Morgan fingerprint density at radius 3 is 2.55 bits per heavy atom. The molecule has 9 nitrogen and oxygen atoms in total. The molecule has 0 bridgehead atoms. The van der Waals surface area contributed by atoms with Gasteiger partial charge in [-0.25, -0.2) is 4.79 Å². The molecule has 33 heavy (non-hydrogen) atoms. The van der Waals surface area contributed by atoms with E-state index in [0.29, 0.717) is 42.4 Å². The summed E-state index contributed by atoms with van der Waals surface area (Å²) in [6.07, 6.45) is 0.920. The molecule has 1 aliphatic heterocycles. The molecule has 1 aromatic rings. The maximum Gasteiger partial charge on any atom is 0.330 e. The SMILES string of the molecule is CCOC(=O)C(CCc1ccc(OC)c(OC)c1)N[C@@H](C)C(=O)N1CCSCC1(C)C(=O)O. The topological polar surface area (TPSA) is 114 Å². The largest absolute Gasteiger partial charge is 0.493 e. The van der Waals surface area contributed by atoms with Crippen molar-refractivity contribution in [1.29, 1.82) is 0 Å². The fourth-order valence-electron chi connectivity index (χ4n) is 3.75. The van der Waals surface area contributed by atoms with Gasteiger partial charge in [-0.15, -0.1) is 0 Å². The molecule has 1 heterocycles. The Morgan fingerprint density at radius 2 is 1.94 bits per heavy atom. The summed E-state index contributed by atoms with van der Waals surface area (Å²) in [7, 11) is 3.12. The monoisotopic (exact) mass is 482 g/mol. The molecule has 1 aromatic carbocycles. The van der Waals surface area contributed by atoms with Gasteiger partial charge >= 0.3 is 11.9 Å². The Hall–Kier alpha value is -2.46. The summed E-state index contributed by atoms with van der Waals surface area (Å²) in [5.74, 6) is 0.361. The number of ether oxygens (including phenoxy) is 3. The quantitative estimate of drug-likeness (QED) is 0.457. The van der Waals surface area contributed by atoms with Crippen molar-refractivity contribution < 1.29 is 33.7 Å². The fraction of sp³-hybridized carbons (Fsp3) is 0.609. The van der Waals surface area contributed by atoms with Crippen molar-refractivity contribution in [2.75, 3.05) is 38.9 Å². The molecule has 0 aliphatic carbocycles. The van der Waals surface area contributed by atoms with E-state index < -0.39 is 29.6 Å². The number of nitrogens with one attached hydrogen (secondary N) is 1. The second kappa shape index (κ2) is 12.1. The number of methoxy groups -OCH3 is 2. The van der Waals surface area contributed by atoms with Gasteiger partial charge in [0.1, 0.15) is 11.6 Å². The molecule has 10 heteroatoms. The molecular formula is C23H34N2O7S. The van der Waals surface area contributed by atoms with Gasteiger partial charge in [0.25, 0.3) is 0 Å². The highest BCUT2D eigenvalue weighted by molar-refractivity contribution is 7.99. The van der Waals surface area contributed by atoms with Crippen LogP contribution in [-0.4, -0.2) is 84.4 Å². The molecule has 2 N–H and O–H groups in total. The average molecular weight is 483 g/mol. The summed E-state index contributed by atoms with van der Waals surface area (Å²) >= 11 is 1.51. The number of benzene rings is 1. The van der Waals surface area contributed by atoms with Crippen molar-refractivity contribution >= 4 is 29.6 Å². The van der Waals surface area contributed by atoms with Crippen LogP contribution in [0.3, 0.4) is 0 Å². The number of carboxylic acid groups (broad SMARTS) is 1. The number of rotatable bonds is 11. The van der Waals surface area contributed by atoms with Gasteiger partial charge in [-0.3, -0.25) is 14.9 Å². The highest BCUT2D eigenvalue weighted by atomic mass is 32.2. The van der Waals surface area contributed by atoms with Crippen LogP contribution in [0.1, 0.15) is 32.8 Å². The molecule has 184 valence electrons. The van der Waals surface area contributed by atoms with Crippen molar-refractivity contribution in [3.63, 3.8) is 0 Å². The molecule has 0 aromatic heterocycles. The zero-order valence-corrected chi connectivity index (χ0v) is 20.7. The van der Waals surface area contributed by atoms with Crippen LogP contribution in [0.4, 0.5) is 0 Å². The highest BCUT2D eigenvalue weighted by Gasteiger charge is 2.45. The van der Waals surface area contributed by atoms with E-state index in [9.17, 15) is 19.5 Å². The normalized spacial score (nSPS) is 20.0. The number of carbonyl (C=O) groups is 3. The number of aliphatic carboxylic acids is 1. The number of carbonyl (C=O) groups excluding carboxylic acids is 2. The summed E-state index contributed by atoms with van der Waals surface area (Å²) in [5.41, 5.74) is -0.344. The van der Waals surface area contributed by atoms with E-state index in [1.165, 1.54) is 16.7 Å². The number of carboxylic acids is 1. The van der Waals surface area contributed by atoms with E-state index in [-0.39, 0.29) is 12.5 Å². The van der Waals surface area contributed by atoms with Gasteiger partial charge < -0.3 is 24.2 Å². The molecule has 1 aliphatic rings. The van der Waals surface area contributed by atoms with E-state index in [0.717, 1.165) is 5.56 Å². The number of hydrogen-bond acceptors (Lipinski definition) is 8. The third-order valence-corrected chi connectivity index (χ3v) is 6.96. The van der Waals surface area contributed by atoms with Gasteiger partial charge in [-0.1, -0.05) is 6.07 Å². The smallest absolute Gasteiger partial charge is 0.330 e. The summed E-state index contributed by atoms with van der Waals surface area (Å²) in [5, 5.41) is 12.8. The van der Waals surface area contributed by atoms with Crippen molar-refractivity contribution in [1.82, 2.24) is 10.2 Å². The van der Waals surface area contributed by atoms with Crippen molar-refractivity contribution in [3.05, 3.63) is 23.8 Å². The summed E-state index contributed by atoms with van der Waals surface area (Å²) < 4.78 is 15.8. The Kier molecular flexibility index (Phi) is 9.85. The van der Waals surface area contributed by atoms with E-state index in [1.807, 2.05) is 12.1 Å². The first kappa shape index (κ1) is 26.8. The zero-order chi connectivity index (χ0) is 24.6. The second-order valence-electron chi connectivity index (χ2n) is 8.04. The average Bonchev–Trinajstić information content (AvgIpc) is 2.81. The minimum Gasteiger partial charge on any atom is -0.493 e. The molecule has 1 amide bonds. The first-order valence-electron chi connectivity index (χ1n) is 10.9. The maximum absolute atomic E-state index is 13.2. The third kappa shape index (κ3) is 6.54. The lowest BCUT2D eigenvalue weighted by atomic mass is 10.0. The van der Waals surface area contributed by atoms with Crippen LogP contribution in [0.5, 0.6) is 11.5 Å². The lowest BCUT2D eigenvalue weighted by Crippen LogP contribution is -2.63. The zero-order valence-electron chi connectivity index (χ0n) is 19.9. The Balaban J connectivity index is 2.13. The fourth-order valence-corrected chi connectivity index (χ4v) is 4.88. The second-order valence-corrected chi connectivity index (χ2v) is 9.15. The van der Waals surface area contributed by atoms with Crippen LogP contribution in [0.25, 0.3) is 0 Å². The first-order chi connectivity index (χ1) is 15.7. The van der Waals surface area contributed by atoms with Gasteiger partial charge in [0.2, 0.25) is 5.91 Å². The minimum absolute atomic E-state index is 0.218. The molecule has 0 saturated carbocycles. The highest BCUT2D eigenvalue weighted by Crippen LogP contribution is 2.29. The lowest BCUT2D eigenvalue weighted by molar-refractivity contribution is -0.157. The van der Waals surface area contributed by atoms with E-state index in [2.05, 4.69) is 5.32 Å². The number of esters is 1. The molecule has 2 rings (SSSR count). The Morgan fingerprint density at radius 1 is 1.24 bits per heavy atom. The number of aryl methyl sites for hydroxylation is 1. The Bertz CT molecular complexity index is 850. The third-order valence-electron chi connectivity index (χ3n) is 5.73.